The molecule has 0 spiro atoms. The van der Waals surface area contributed by atoms with Gasteiger partial charge < -0.3 is 5.32 Å². The minimum absolute atomic E-state index is 0.115. The molecule has 118 valence electrons. The van der Waals surface area contributed by atoms with Crippen LogP contribution in [0.2, 0.25) is 0 Å². The van der Waals surface area contributed by atoms with Crippen LogP contribution in [-0.2, 0) is 15.6 Å². The monoisotopic (exact) mass is 309 g/mol. The Morgan fingerprint density at radius 2 is 1.71 bits per heavy atom. The lowest BCUT2D eigenvalue weighted by Gasteiger charge is -2.29. The summed E-state index contributed by atoms with van der Waals surface area (Å²) in [5.41, 5.74) is 0.898. The van der Waals surface area contributed by atoms with Crippen LogP contribution in [0.15, 0.2) is 30.3 Å². The maximum Gasteiger partial charge on any atom is 0.158 e. The third-order valence-electron chi connectivity index (χ3n) is 4.34. The quantitative estimate of drug-likeness (QED) is 0.907. The van der Waals surface area contributed by atoms with Gasteiger partial charge in [0.25, 0.3) is 0 Å². The molecule has 1 aromatic carbocycles. The molecule has 2 unspecified atom stereocenters. The lowest BCUT2D eigenvalue weighted by atomic mass is 9.96. The molecule has 1 saturated carbocycles. The Morgan fingerprint density at radius 3 is 2.38 bits per heavy atom. The van der Waals surface area contributed by atoms with E-state index in [1.807, 2.05) is 30.3 Å². The molecule has 0 bridgehead atoms. The highest BCUT2D eigenvalue weighted by molar-refractivity contribution is 7.91. The number of hydrogen-bond acceptors (Lipinski definition) is 3. The van der Waals surface area contributed by atoms with Crippen molar-refractivity contribution in [1.29, 1.82) is 0 Å². The number of hydrogen-bond donors (Lipinski definition) is 1. The number of sulfone groups is 1. The van der Waals surface area contributed by atoms with Gasteiger partial charge in [-0.05, 0) is 24.9 Å². The van der Waals surface area contributed by atoms with Gasteiger partial charge in [-0.15, -0.1) is 0 Å². The lowest BCUT2D eigenvalue weighted by Crippen LogP contribution is -2.45. The average Bonchev–Trinajstić information content (AvgIpc) is 2.42. The minimum atomic E-state index is -3.11. The summed E-state index contributed by atoms with van der Waals surface area (Å²) in [4.78, 5) is 0. The summed E-state index contributed by atoms with van der Waals surface area (Å²) in [5, 5.41) is 3.18. The van der Waals surface area contributed by atoms with Crippen molar-refractivity contribution in [3.63, 3.8) is 0 Å². The van der Waals surface area contributed by atoms with Crippen molar-refractivity contribution in [2.45, 2.75) is 62.5 Å². The summed E-state index contributed by atoms with van der Waals surface area (Å²) in [5.74, 6) is 0.167. The van der Waals surface area contributed by atoms with Gasteiger partial charge in [0.2, 0.25) is 0 Å². The fourth-order valence-corrected chi connectivity index (χ4v) is 5.42. The summed E-state index contributed by atoms with van der Waals surface area (Å²) >= 11 is 0. The fourth-order valence-electron chi connectivity index (χ4n) is 3.29. The molecule has 0 radical (unpaired) electrons. The van der Waals surface area contributed by atoms with Gasteiger partial charge in [0.15, 0.2) is 9.84 Å². The third kappa shape index (κ3) is 4.82. The second kappa shape index (κ2) is 7.95. The summed E-state index contributed by atoms with van der Waals surface area (Å²) in [7, 11) is -3.11. The molecule has 1 aliphatic rings. The van der Waals surface area contributed by atoms with Gasteiger partial charge in [-0.3, -0.25) is 0 Å². The Morgan fingerprint density at radius 1 is 1.05 bits per heavy atom. The Bertz CT molecular complexity index is 513. The van der Waals surface area contributed by atoms with Crippen molar-refractivity contribution in [1.82, 2.24) is 5.32 Å². The second-order valence-electron chi connectivity index (χ2n) is 5.99. The van der Waals surface area contributed by atoms with E-state index < -0.39 is 9.84 Å². The van der Waals surface area contributed by atoms with Crippen LogP contribution >= 0.6 is 0 Å². The number of nitrogens with one attached hydrogen (secondary N) is 1. The normalized spacial score (nSPS) is 24.2. The standard InChI is InChI=1S/C17H27NO2S/c1-2-18-16-12-8-3-4-9-13-17(16)21(19,20)14-15-10-6-5-7-11-15/h5-7,10-11,16-18H,2-4,8-9,12-14H2,1H3. The van der Waals surface area contributed by atoms with Gasteiger partial charge in [0, 0.05) is 6.04 Å². The molecule has 0 heterocycles. The van der Waals surface area contributed by atoms with Crippen LogP contribution in [-0.4, -0.2) is 26.3 Å². The van der Waals surface area contributed by atoms with Gasteiger partial charge in [-0.25, -0.2) is 8.42 Å². The highest BCUT2D eigenvalue weighted by Crippen LogP contribution is 2.25. The first-order valence-electron chi connectivity index (χ1n) is 8.12. The van der Waals surface area contributed by atoms with Crippen molar-refractivity contribution in [3.05, 3.63) is 35.9 Å². The molecule has 0 aromatic heterocycles. The Kier molecular flexibility index (Phi) is 6.24. The van der Waals surface area contributed by atoms with Crippen LogP contribution in [0.1, 0.15) is 51.0 Å². The first kappa shape index (κ1) is 16.5. The molecule has 2 rings (SSSR count). The minimum Gasteiger partial charge on any atom is -0.313 e. The predicted octanol–water partition coefficient (Wildman–Crippen LogP) is 3.30. The summed E-state index contributed by atoms with van der Waals surface area (Å²) in [6, 6.07) is 9.66. The fraction of sp³-hybridized carbons (Fsp3) is 0.647. The summed E-state index contributed by atoms with van der Waals surface area (Å²) in [6.45, 7) is 2.89. The molecule has 1 aromatic rings. The van der Waals surface area contributed by atoms with Gasteiger partial charge in [-0.2, -0.15) is 0 Å². The maximum atomic E-state index is 12.9. The zero-order valence-electron chi connectivity index (χ0n) is 12.9. The number of benzene rings is 1. The zero-order chi connectivity index (χ0) is 15.1. The highest BCUT2D eigenvalue weighted by Gasteiger charge is 2.33. The first-order chi connectivity index (χ1) is 10.1. The van der Waals surface area contributed by atoms with E-state index in [-0.39, 0.29) is 17.0 Å². The van der Waals surface area contributed by atoms with E-state index in [9.17, 15) is 8.42 Å². The van der Waals surface area contributed by atoms with E-state index in [1.54, 1.807) is 0 Å². The molecule has 0 aliphatic heterocycles. The van der Waals surface area contributed by atoms with Crippen LogP contribution in [0.3, 0.4) is 0 Å². The molecular weight excluding hydrogens is 282 g/mol. The molecule has 1 N–H and O–H groups in total. The first-order valence-corrected chi connectivity index (χ1v) is 9.84. The van der Waals surface area contributed by atoms with Gasteiger partial charge in [-0.1, -0.05) is 62.9 Å². The van der Waals surface area contributed by atoms with E-state index in [4.69, 9.17) is 0 Å². The third-order valence-corrected chi connectivity index (χ3v) is 6.56. The van der Waals surface area contributed by atoms with Gasteiger partial charge in [0.1, 0.15) is 0 Å². The van der Waals surface area contributed by atoms with Crippen LogP contribution < -0.4 is 5.32 Å². The Balaban J connectivity index is 2.16. The van der Waals surface area contributed by atoms with Crippen LogP contribution in [0.4, 0.5) is 0 Å². The molecule has 21 heavy (non-hydrogen) atoms. The largest absolute Gasteiger partial charge is 0.313 e. The molecule has 3 nitrogen and oxygen atoms in total. The average molecular weight is 309 g/mol. The zero-order valence-corrected chi connectivity index (χ0v) is 13.7. The number of rotatable bonds is 5. The van der Waals surface area contributed by atoms with Crippen LogP contribution in [0, 0.1) is 0 Å². The van der Waals surface area contributed by atoms with Crippen molar-refractivity contribution in [3.8, 4) is 0 Å². The predicted molar refractivity (Wildman–Crippen MR) is 88.0 cm³/mol. The Labute approximate surface area is 129 Å². The van der Waals surface area contributed by atoms with Gasteiger partial charge >= 0.3 is 0 Å². The molecule has 1 fully saturated rings. The molecule has 1 aliphatic carbocycles. The summed E-state index contributed by atoms with van der Waals surface area (Å²) < 4.78 is 25.7. The van der Waals surface area contributed by atoms with Crippen molar-refractivity contribution < 1.29 is 8.42 Å². The van der Waals surface area contributed by atoms with E-state index in [2.05, 4.69) is 12.2 Å². The molecule has 0 amide bonds. The maximum absolute atomic E-state index is 12.9. The SMILES string of the molecule is CCNC1CCCCCCC1S(=O)(=O)Cc1ccccc1. The van der Waals surface area contributed by atoms with E-state index >= 15 is 0 Å². The van der Waals surface area contributed by atoms with Crippen molar-refractivity contribution in [2.24, 2.45) is 0 Å². The van der Waals surface area contributed by atoms with E-state index in [0.29, 0.717) is 0 Å². The molecule has 4 heteroatoms. The highest BCUT2D eigenvalue weighted by atomic mass is 32.2. The molecular formula is C17H27NO2S. The summed E-state index contributed by atoms with van der Waals surface area (Å²) in [6.07, 6.45) is 6.33. The Hall–Kier alpha value is -0.870. The lowest BCUT2D eigenvalue weighted by molar-refractivity contribution is 0.392. The van der Waals surface area contributed by atoms with Gasteiger partial charge in [0.05, 0.1) is 11.0 Å². The second-order valence-corrected chi connectivity index (χ2v) is 8.21. The van der Waals surface area contributed by atoms with E-state index in [1.165, 1.54) is 6.42 Å². The molecule has 2 atom stereocenters. The van der Waals surface area contributed by atoms with Crippen molar-refractivity contribution >= 4 is 9.84 Å². The smallest absolute Gasteiger partial charge is 0.158 e. The molecule has 0 saturated heterocycles. The topological polar surface area (TPSA) is 46.2 Å². The van der Waals surface area contributed by atoms with Crippen LogP contribution in [0.25, 0.3) is 0 Å². The van der Waals surface area contributed by atoms with E-state index in [0.717, 1.165) is 44.2 Å². The van der Waals surface area contributed by atoms with Crippen LogP contribution in [0.5, 0.6) is 0 Å². The van der Waals surface area contributed by atoms with Crippen molar-refractivity contribution in [2.75, 3.05) is 6.54 Å².